The van der Waals surface area contributed by atoms with Gasteiger partial charge in [0.25, 0.3) is 0 Å². The molecule has 0 aliphatic carbocycles. The number of carboxylic acids is 1. The summed E-state index contributed by atoms with van der Waals surface area (Å²) in [6.07, 6.45) is 1.37. The predicted molar refractivity (Wildman–Crippen MR) is 69.0 cm³/mol. The number of rotatable bonds is 2. The van der Waals surface area contributed by atoms with E-state index in [0.29, 0.717) is 19.4 Å². The van der Waals surface area contributed by atoms with E-state index in [2.05, 4.69) is 0 Å². The van der Waals surface area contributed by atoms with Gasteiger partial charge in [-0.05, 0) is 40.0 Å². The fourth-order valence-corrected chi connectivity index (χ4v) is 2.09. The molecule has 0 aromatic rings. The highest BCUT2D eigenvalue weighted by Crippen LogP contribution is 2.25. The third kappa shape index (κ3) is 4.09. The standard InChI is InChI=1S/C13H23NO5/c1-12(2,3)19-11(17)14-8-6-5-7-13(9-14,18-4)10(15)16/h5-9H2,1-4H3,(H,15,16). The van der Waals surface area contributed by atoms with Crippen molar-refractivity contribution in [2.75, 3.05) is 20.2 Å². The minimum absolute atomic E-state index is 0.0216. The van der Waals surface area contributed by atoms with E-state index < -0.39 is 23.3 Å². The number of methoxy groups -OCH3 is 1. The second-order valence-corrected chi connectivity index (χ2v) is 5.86. The van der Waals surface area contributed by atoms with Gasteiger partial charge in [0.1, 0.15) is 5.60 Å². The van der Waals surface area contributed by atoms with Gasteiger partial charge in [0.15, 0.2) is 5.60 Å². The van der Waals surface area contributed by atoms with Crippen LogP contribution in [-0.4, -0.2) is 53.5 Å². The second-order valence-electron chi connectivity index (χ2n) is 5.86. The first kappa shape index (κ1) is 15.8. The lowest BCUT2D eigenvalue weighted by molar-refractivity contribution is -0.164. The van der Waals surface area contributed by atoms with Crippen LogP contribution in [0.15, 0.2) is 0 Å². The van der Waals surface area contributed by atoms with E-state index in [9.17, 15) is 14.7 Å². The highest BCUT2D eigenvalue weighted by Gasteiger charge is 2.43. The SMILES string of the molecule is COC1(C(=O)O)CCCCN(C(=O)OC(C)(C)C)C1. The number of carbonyl (C=O) groups excluding carboxylic acids is 1. The molecule has 1 fully saturated rings. The van der Waals surface area contributed by atoms with E-state index in [0.717, 1.165) is 6.42 Å². The van der Waals surface area contributed by atoms with Gasteiger partial charge in [-0.1, -0.05) is 0 Å². The van der Waals surface area contributed by atoms with Crippen molar-refractivity contribution < 1.29 is 24.2 Å². The molecule has 110 valence electrons. The van der Waals surface area contributed by atoms with Crippen LogP contribution < -0.4 is 0 Å². The van der Waals surface area contributed by atoms with Crippen molar-refractivity contribution in [1.29, 1.82) is 0 Å². The van der Waals surface area contributed by atoms with Crippen molar-refractivity contribution in [2.45, 2.75) is 51.2 Å². The van der Waals surface area contributed by atoms with Crippen LogP contribution in [0.1, 0.15) is 40.0 Å². The molecule has 1 amide bonds. The van der Waals surface area contributed by atoms with Crippen molar-refractivity contribution in [3.8, 4) is 0 Å². The molecule has 1 atom stereocenters. The fourth-order valence-electron chi connectivity index (χ4n) is 2.09. The molecule has 1 unspecified atom stereocenters. The van der Waals surface area contributed by atoms with Gasteiger partial charge < -0.3 is 19.5 Å². The molecule has 0 bridgehead atoms. The van der Waals surface area contributed by atoms with Crippen molar-refractivity contribution in [3.05, 3.63) is 0 Å². The summed E-state index contributed by atoms with van der Waals surface area (Å²) in [6, 6.07) is 0. The summed E-state index contributed by atoms with van der Waals surface area (Å²) < 4.78 is 10.5. The Morgan fingerprint density at radius 2 is 1.89 bits per heavy atom. The van der Waals surface area contributed by atoms with E-state index in [4.69, 9.17) is 9.47 Å². The van der Waals surface area contributed by atoms with Crippen molar-refractivity contribution >= 4 is 12.1 Å². The Bertz CT molecular complexity index is 349. The second kappa shape index (κ2) is 5.77. The van der Waals surface area contributed by atoms with Gasteiger partial charge in [-0.3, -0.25) is 0 Å². The monoisotopic (exact) mass is 273 g/mol. The minimum Gasteiger partial charge on any atom is -0.479 e. The number of aliphatic carboxylic acids is 1. The van der Waals surface area contributed by atoms with Crippen molar-refractivity contribution in [3.63, 3.8) is 0 Å². The Morgan fingerprint density at radius 1 is 1.26 bits per heavy atom. The molecule has 1 aliphatic heterocycles. The number of carbonyl (C=O) groups is 2. The summed E-state index contributed by atoms with van der Waals surface area (Å²) in [7, 11) is 1.37. The maximum atomic E-state index is 12.0. The molecule has 1 saturated heterocycles. The molecule has 0 radical (unpaired) electrons. The molecule has 1 rings (SSSR count). The number of likely N-dealkylation sites (tertiary alicyclic amines) is 1. The van der Waals surface area contributed by atoms with Crippen LogP contribution in [-0.2, 0) is 14.3 Å². The van der Waals surface area contributed by atoms with E-state index in [1.165, 1.54) is 12.0 Å². The molecule has 6 heteroatoms. The molecule has 1 heterocycles. The summed E-state index contributed by atoms with van der Waals surface area (Å²) in [5.74, 6) is -1.04. The zero-order chi connectivity index (χ0) is 14.7. The van der Waals surface area contributed by atoms with Crippen LogP contribution in [0.25, 0.3) is 0 Å². The molecule has 1 aliphatic rings. The van der Waals surface area contributed by atoms with Crippen LogP contribution in [0.4, 0.5) is 4.79 Å². The molecule has 6 nitrogen and oxygen atoms in total. The number of hydrogen-bond acceptors (Lipinski definition) is 4. The molecular weight excluding hydrogens is 250 g/mol. The number of ether oxygens (including phenoxy) is 2. The normalized spacial score (nSPS) is 24.7. The third-order valence-electron chi connectivity index (χ3n) is 3.14. The molecular formula is C13H23NO5. The Labute approximate surface area is 113 Å². The number of carboxylic acid groups (broad SMARTS) is 1. The zero-order valence-electron chi connectivity index (χ0n) is 12.1. The van der Waals surface area contributed by atoms with Gasteiger partial charge in [0.05, 0.1) is 6.54 Å². The number of amides is 1. The lowest BCUT2D eigenvalue weighted by Crippen LogP contribution is -2.51. The van der Waals surface area contributed by atoms with E-state index in [1.54, 1.807) is 20.8 Å². The summed E-state index contributed by atoms with van der Waals surface area (Å²) in [5, 5.41) is 9.34. The Balaban J connectivity index is 2.84. The molecule has 0 saturated carbocycles. The van der Waals surface area contributed by atoms with Crippen LogP contribution in [0, 0.1) is 0 Å². The van der Waals surface area contributed by atoms with Gasteiger partial charge in [-0.15, -0.1) is 0 Å². The zero-order valence-corrected chi connectivity index (χ0v) is 12.1. The maximum Gasteiger partial charge on any atom is 0.410 e. The van der Waals surface area contributed by atoms with Crippen molar-refractivity contribution in [2.24, 2.45) is 0 Å². The smallest absolute Gasteiger partial charge is 0.410 e. The Hall–Kier alpha value is -1.30. The topological polar surface area (TPSA) is 76.1 Å². The van der Waals surface area contributed by atoms with Crippen LogP contribution >= 0.6 is 0 Å². The summed E-state index contributed by atoms with van der Waals surface area (Å²) in [4.78, 5) is 24.9. The first-order valence-corrected chi connectivity index (χ1v) is 6.47. The lowest BCUT2D eigenvalue weighted by atomic mass is 9.98. The predicted octanol–water partition coefficient (Wildman–Crippen LogP) is 1.88. The van der Waals surface area contributed by atoms with Gasteiger partial charge in [-0.2, -0.15) is 0 Å². The maximum absolute atomic E-state index is 12.0. The largest absolute Gasteiger partial charge is 0.479 e. The highest BCUT2D eigenvalue weighted by molar-refractivity contribution is 5.79. The van der Waals surface area contributed by atoms with Gasteiger partial charge >= 0.3 is 12.1 Å². The molecule has 19 heavy (non-hydrogen) atoms. The third-order valence-corrected chi connectivity index (χ3v) is 3.14. The number of hydrogen-bond donors (Lipinski definition) is 1. The lowest BCUT2D eigenvalue weighted by Gasteiger charge is -2.32. The quantitative estimate of drug-likeness (QED) is 0.831. The first-order valence-electron chi connectivity index (χ1n) is 6.47. The number of nitrogens with zero attached hydrogens (tertiary/aromatic N) is 1. The molecule has 1 N–H and O–H groups in total. The average molecular weight is 273 g/mol. The van der Waals surface area contributed by atoms with E-state index in [1.807, 2.05) is 0 Å². The Morgan fingerprint density at radius 3 is 2.37 bits per heavy atom. The molecule has 0 spiro atoms. The Kier molecular flexibility index (Phi) is 4.79. The highest BCUT2D eigenvalue weighted by atomic mass is 16.6. The van der Waals surface area contributed by atoms with Crippen LogP contribution in [0.2, 0.25) is 0 Å². The van der Waals surface area contributed by atoms with E-state index in [-0.39, 0.29) is 6.54 Å². The van der Waals surface area contributed by atoms with E-state index >= 15 is 0 Å². The summed E-state index contributed by atoms with van der Waals surface area (Å²) in [5.41, 5.74) is -1.92. The fraction of sp³-hybridized carbons (Fsp3) is 0.846. The summed E-state index contributed by atoms with van der Waals surface area (Å²) in [6.45, 7) is 5.86. The summed E-state index contributed by atoms with van der Waals surface area (Å²) >= 11 is 0. The minimum atomic E-state index is -1.33. The average Bonchev–Trinajstić information content (AvgIpc) is 2.49. The molecule has 0 aromatic carbocycles. The molecule has 0 aromatic heterocycles. The van der Waals surface area contributed by atoms with Gasteiger partial charge in [0, 0.05) is 13.7 Å². The van der Waals surface area contributed by atoms with Gasteiger partial charge in [0.2, 0.25) is 0 Å². The van der Waals surface area contributed by atoms with Crippen LogP contribution in [0.3, 0.4) is 0 Å². The van der Waals surface area contributed by atoms with Gasteiger partial charge in [-0.25, -0.2) is 9.59 Å². The van der Waals surface area contributed by atoms with Crippen molar-refractivity contribution in [1.82, 2.24) is 4.90 Å². The first-order chi connectivity index (χ1) is 8.70. The van der Waals surface area contributed by atoms with Crippen LogP contribution in [0.5, 0.6) is 0 Å².